The number of hydrogen-bond donors (Lipinski definition) is 1. The van der Waals surface area contributed by atoms with Crippen LogP contribution in [0.25, 0.3) is 0 Å². The molecule has 2 heterocycles. The van der Waals surface area contributed by atoms with Crippen molar-refractivity contribution < 1.29 is 4.39 Å². The molecule has 2 saturated heterocycles. The molecule has 3 unspecified atom stereocenters. The molecule has 2 fully saturated rings. The molecule has 3 nitrogen and oxygen atoms in total. The maximum Gasteiger partial charge on any atom is 0.129 e. The number of rotatable bonds is 3. The van der Waals surface area contributed by atoms with Gasteiger partial charge in [0.2, 0.25) is 0 Å². The van der Waals surface area contributed by atoms with Crippen LogP contribution in [0.3, 0.4) is 0 Å². The highest BCUT2D eigenvalue weighted by Crippen LogP contribution is 2.34. The molecule has 0 amide bonds. The summed E-state index contributed by atoms with van der Waals surface area (Å²) in [6.07, 6.45) is 3.62. The first-order valence-electron chi connectivity index (χ1n) is 7.71. The molecule has 1 aromatic rings. The molecule has 1 aromatic carbocycles. The maximum absolute atomic E-state index is 14.2. The SMILES string of the molecule is CN1C2CCC1CN(C(CN)c1c(F)cccc1Cl)CC2. The minimum absolute atomic E-state index is 0.133. The van der Waals surface area contributed by atoms with Gasteiger partial charge in [0.1, 0.15) is 5.82 Å². The second-order valence-electron chi connectivity index (χ2n) is 6.22. The van der Waals surface area contributed by atoms with Gasteiger partial charge < -0.3 is 5.73 Å². The molecule has 3 rings (SSSR count). The lowest BCUT2D eigenvalue weighted by molar-refractivity contribution is 0.172. The summed E-state index contributed by atoms with van der Waals surface area (Å²) in [6.45, 7) is 2.29. The van der Waals surface area contributed by atoms with Crippen molar-refractivity contribution in [2.45, 2.75) is 37.4 Å². The van der Waals surface area contributed by atoms with Gasteiger partial charge >= 0.3 is 0 Å². The third-order valence-electron chi connectivity index (χ3n) is 5.18. The van der Waals surface area contributed by atoms with Gasteiger partial charge in [-0.05, 0) is 38.4 Å². The number of fused-ring (bicyclic) bond motifs is 2. The van der Waals surface area contributed by atoms with Crippen molar-refractivity contribution in [3.63, 3.8) is 0 Å². The Kier molecular flexibility index (Phi) is 4.50. The van der Waals surface area contributed by atoms with Gasteiger partial charge in [-0.1, -0.05) is 17.7 Å². The maximum atomic E-state index is 14.2. The lowest BCUT2D eigenvalue weighted by atomic mass is 10.0. The Morgan fingerprint density at radius 3 is 2.81 bits per heavy atom. The van der Waals surface area contributed by atoms with E-state index in [4.69, 9.17) is 17.3 Å². The summed E-state index contributed by atoms with van der Waals surface area (Å²) >= 11 is 6.24. The van der Waals surface area contributed by atoms with Crippen LogP contribution in [-0.2, 0) is 0 Å². The first-order valence-corrected chi connectivity index (χ1v) is 8.09. The molecule has 2 aliphatic rings. The van der Waals surface area contributed by atoms with Gasteiger partial charge in [-0.25, -0.2) is 4.39 Å². The number of nitrogens with zero attached hydrogens (tertiary/aromatic N) is 2. The van der Waals surface area contributed by atoms with Crippen LogP contribution in [0.15, 0.2) is 18.2 Å². The van der Waals surface area contributed by atoms with Crippen LogP contribution in [0.5, 0.6) is 0 Å². The number of hydrogen-bond acceptors (Lipinski definition) is 3. The third kappa shape index (κ3) is 2.82. The Hall–Kier alpha value is -0.680. The second-order valence-corrected chi connectivity index (χ2v) is 6.63. The lowest BCUT2D eigenvalue weighted by Gasteiger charge is -2.33. The minimum atomic E-state index is -0.249. The predicted molar refractivity (Wildman–Crippen MR) is 84.0 cm³/mol. The first kappa shape index (κ1) is 15.2. The van der Waals surface area contributed by atoms with E-state index in [9.17, 15) is 4.39 Å². The van der Waals surface area contributed by atoms with Gasteiger partial charge in [-0.15, -0.1) is 0 Å². The van der Waals surface area contributed by atoms with E-state index in [0.29, 0.717) is 29.2 Å². The van der Waals surface area contributed by atoms with E-state index in [2.05, 4.69) is 16.8 Å². The molecule has 0 saturated carbocycles. The van der Waals surface area contributed by atoms with E-state index in [1.165, 1.54) is 18.9 Å². The summed E-state index contributed by atoms with van der Waals surface area (Å²) in [6, 6.07) is 5.95. The largest absolute Gasteiger partial charge is 0.329 e. The molecule has 0 radical (unpaired) electrons. The molecule has 3 atom stereocenters. The van der Waals surface area contributed by atoms with Crippen molar-refractivity contribution in [1.29, 1.82) is 0 Å². The van der Waals surface area contributed by atoms with Crippen molar-refractivity contribution in [1.82, 2.24) is 9.80 Å². The van der Waals surface area contributed by atoms with Crippen molar-refractivity contribution in [2.24, 2.45) is 5.73 Å². The van der Waals surface area contributed by atoms with Crippen LogP contribution in [0, 0.1) is 5.82 Å². The van der Waals surface area contributed by atoms with Gasteiger partial charge in [-0.2, -0.15) is 0 Å². The van der Waals surface area contributed by atoms with Crippen LogP contribution >= 0.6 is 11.6 Å². The van der Waals surface area contributed by atoms with Crippen LogP contribution in [0.1, 0.15) is 30.9 Å². The zero-order chi connectivity index (χ0) is 15.0. The molecular formula is C16H23ClFN3. The molecular weight excluding hydrogens is 289 g/mol. The van der Waals surface area contributed by atoms with Gasteiger partial charge in [0.15, 0.2) is 0 Å². The number of halogens is 2. The molecule has 116 valence electrons. The molecule has 2 N–H and O–H groups in total. The van der Waals surface area contributed by atoms with Crippen molar-refractivity contribution in [3.8, 4) is 0 Å². The average molecular weight is 312 g/mol. The fourth-order valence-electron chi connectivity index (χ4n) is 3.90. The molecule has 2 aliphatic heterocycles. The standard InChI is InChI=1S/C16H23ClFN3/c1-20-11-5-6-12(20)10-21(8-7-11)15(9-19)16-13(17)3-2-4-14(16)18/h2-4,11-12,15H,5-10,19H2,1H3. The highest BCUT2D eigenvalue weighted by molar-refractivity contribution is 6.31. The molecule has 0 aliphatic carbocycles. The van der Waals surface area contributed by atoms with Crippen molar-refractivity contribution in [2.75, 3.05) is 26.7 Å². The van der Waals surface area contributed by atoms with Crippen LogP contribution in [0.4, 0.5) is 4.39 Å². The fourth-order valence-corrected chi connectivity index (χ4v) is 4.19. The smallest absolute Gasteiger partial charge is 0.129 e. The van der Waals surface area contributed by atoms with Gasteiger partial charge in [0.05, 0.1) is 6.04 Å². The molecule has 5 heteroatoms. The van der Waals surface area contributed by atoms with Gasteiger partial charge in [-0.3, -0.25) is 9.80 Å². The Labute approximate surface area is 130 Å². The topological polar surface area (TPSA) is 32.5 Å². The summed E-state index contributed by atoms with van der Waals surface area (Å²) in [5, 5.41) is 0.480. The summed E-state index contributed by atoms with van der Waals surface area (Å²) in [4.78, 5) is 4.81. The third-order valence-corrected chi connectivity index (χ3v) is 5.51. The molecule has 0 spiro atoms. The number of likely N-dealkylation sites (N-methyl/N-ethyl adjacent to an activating group) is 1. The summed E-state index contributed by atoms with van der Waals surface area (Å²) in [5.74, 6) is -0.249. The zero-order valence-corrected chi connectivity index (χ0v) is 13.2. The number of likely N-dealkylation sites (tertiary alicyclic amines) is 1. The highest BCUT2D eigenvalue weighted by Gasteiger charge is 2.37. The Morgan fingerprint density at radius 2 is 2.10 bits per heavy atom. The van der Waals surface area contributed by atoms with E-state index < -0.39 is 0 Å². The summed E-state index contributed by atoms with van der Waals surface area (Å²) in [7, 11) is 2.21. The Bertz CT molecular complexity index is 490. The number of nitrogens with two attached hydrogens (primary N) is 1. The predicted octanol–water partition coefficient (Wildman–Crippen LogP) is 2.65. The fraction of sp³-hybridized carbons (Fsp3) is 0.625. The van der Waals surface area contributed by atoms with Crippen molar-refractivity contribution >= 4 is 11.6 Å². The minimum Gasteiger partial charge on any atom is -0.329 e. The second kappa shape index (κ2) is 6.21. The van der Waals surface area contributed by atoms with E-state index in [1.807, 2.05) is 0 Å². The van der Waals surface area contributed by atoms with E-state index in [0.717, 1.165) is 19.5 Å². The molecule has 2 bridgehead atoms. The van der Waals surface area contributed by atoms with Crippen LogP contribution < -0.4 is 5.73 Å². The average Bonchev–Trinajstić information content (AvgIpc) is 2.69. The Balaban J connectivity index is 1.87. The Morgan fingerprint density at radius 1 is 1.33 bits per heavy atom. The number of benzene rings is 1. The molecule has 0 aromatic heterocycles. The van der Waals surface area contributed by atoms with Gasteiger partial charge in [0.25, 0.3) is 0 Å². The van der Waals surface area contributed by atoms with E-state index in [1.54, 1.807) is 12.1 Å². The lowest BCUT2D eigenvalue weighted by Crippen LogP contribution is -2.41. The summed E-state index contributed by atoms with van der Waals surface area (Å²) in [5.41, 5.74) is 6.53. The van der Waals surface area contributed by atoms with Crippen LogP contribution in [0.2, 0.25) is 5.02 Å². The van der Waals surface area contributed by atoms with E-state index in [-0.39, 0.29) is 11.9 Å². The zero-order valence-electron chi connectivity index (χ0n) is 12.4. The van der Waals surface area contributed by atoms with Gasteiger partial charge in [0, 0.05) is 42.3 Å². The molecule has 21 heavy (non-hydrogen) atoms. The highest BCUT2D eigenvalue weighted by atomic mass is 35.5. The first-order chi connectivity index (χ1) is 10.1. The van der Waals surface area contributed by atoms with E-state index >= 15 is 0 Å². The van der Waals surface area contributed by atoms with Crippen molar-refractivity contribution in [3.05, 3.63) is 34.6 Å². The van der Waals surface area contributed by atoms with Crippen LogP contribution in [-0.4, -0.2) is 48.6 Å². The monoisotopic (exact) mass is 311 g/mol. The quantitative estimate of drug-likeness (QED) is 0.931. The summed E-state index contributed by atoms with van der Waals surface area (Å²) < 4.78 is 14.2. The normalized spacial score (nSPS) is 28.6.